The molecule has 16 heavy (non-hydrogen) atoms. The highest BCUT2D eigenvalue weighted by atomic mass is 32.2. The summed E-state index contributed by atoms with van der Waals surface area (Å²) in [4.78, 5) is 25.2. The fourth-order valence-electron chi connectivity index (χ4n) is 0.815. The van der Waals surface area contributed by atoms with Crippen LogP contribution in [-0.2, 0) is 4.79 Å². The Balaban J connectivity index is 2.44. The molecule has 0 atom stereocenters. The maximum absolute atomic E-state index is 10.6. The fraction of sp³-hybridized carbons (Fsp3) is 0.300. The lowest BCUT2D eigenvalue weighted by Crippen LogP contribution is -1.89. The molecular weight excluding hydrogens is 246 g/mol. The summed E-state index contributed by atoms with van der Waals surface area (Å²) in [5.74, 6) is 5.27. The van der Waals surface area contributed by atoms with Crippen LogP contribution in [-0.4, -0.2) is 26.9 Å². The standard InChI is InChI=1S/C10H9NO3S2/c1-7(12)15-5-3-2-4-9-11-6-8(16-9)10(13)14/h6H,3,5H2,1H3,(H,13,14). The lowest BCUT2D eigenvalue weighted by molar-refractivity contribution is -0.109. The van der Waals surface area contributed by atoms with E-state index in [0.29, 0.717) is 17.2 Å². The second-order valence-corrected chi connectivity index (χ2v) is 5.03. The lowest BCUT2D eigenvalue weighted by Gasteiger charge is -1.87. The van der Waals surface area contributed by atoms with Crippen LogP contribution in [0.1, 0.15) is 28.0 Å². The largest absolute Gasteiger partial charge is 0.477 e. The molecule has 0 saturated heterocycles. The number of thiazole rings is 1. The summed E-state index contributed by atoms with van der Waals surface area (Å²) in [7, 11) is 0. The first-order chi connectivity index (χ1) is 7.59. The first-order valence-electron chi connectivity index (χ1n) is 4.41. The van der Waals surface area contributed by atoms with E-state index in [-0.39, 0.29) is 9.99 Å². The zero-order chi connectivity index (χ0) is 12.0. The van der Waals surface area contributed by atoms with Gasteiger partial charge < -0.3 is 5.11 Å². The van der Waals surface area contributed by atoms with Gasteiger partial charge in [0, 0.05) is 19.1 Å². The topological polar surface area (TPSA) is 67.3 Å². The lowest BCUT2D eigenvalue weighted by atomic mass is 10.5. The molecule has 1 rings (SSSR count). The molecule has 6 heteroatoms. The molecule has 0 fully saturated rings. The molecule has 0 radical (unpaired) electrons. The van der Waals surface area contributed by atoms with E-state index in [9.17, 15) is 9.59 Å². The number of thioether (sulfide) groups is 1. The van der Waals surface area contributed by atoms with Crippen molar-refractivity contribution in [2.45, 2.75) is 13.3 Å². The number of carbonyl (C=O) groups excluding carboxylic acids is 1. The minimum Gasteiger partial charge on any atom is -0.477 e. The predicted molar refractivity (Wildman–Crippen MR) is 63.7 cm³/mol. The number of carboxylic acid groups (broad SMARTS) is 1. The number of nitrogens with zero attached hydrogens (tertiary/aromatic N) is 1. The van der Waals surface area contributed by atoms with Gasteiger partial charge >= 0.3 is 5.97 Å². The zero-order valence-corrected chi connectivity index (χ0v) is 10.2. The van der Waals surface area contributed by atoms with E-state index in [1.165, 1.54) is 24.9 Å². The van der Waals surface area contributed by atoms with Crippen molar-refractivity contribution in [1.29, 1.82) is 0 Å². The summed E-state index contributed by atoms with van der Waals surface area (Å²) in [6.07, 6.45) is 1.88. The normalized spacial score (nSPS) is 9.31. The molecule has 0 unspecified atom stereocenters. The molecule has 1 N–H and O–H groups in total. The molecular formula is C10H9NO3S2. The van der Waals surface area contributed by atoms with Gasteiger partial charge in [-0.3, -0.25) is 4.79 Å². The van der Waals surface area contributed by atoms with Crippen molar-refractivity contribution in [3.8, 4) is 11.8 Å². The number of hydrogen-bond acceptors (Lipinski definition) is 5. The van der Waals surface area contributed by atoms with E-state index in [1.807, 2.05) is 0 Å². The summed E-state index contributed by atoms with van der Waals surface area (Å²) in [5, 5.41) is 9.21. The number of hydrogen-bond donors (Lipinski definition) is 1. The Hall–Kier alpha value is -1.32. The number of rotatable bonds is 3. The molecule has 0 aliphatic rings. The third kappa shape index (κ3) is 4.47. The zero-order valence-electron chi connectivity index (χ0n) is 8.52. The van der Waals surface area contributed by atoms with Crippen molar-refractivity contribution in [1.82, 2.24) is 4.98 Å². The van der Waals surface area contributed by atoms with Crippen molar-refractivity contribution < 1.29 is 14.7 Å². The minimum atomic E-state index is -0.988. The van der Waals surface area contributed by atoms with E-state index < -0.39 is 5.97 Å². The number of aromatic carboxylic acids is 1. The second kappa shape index (κ2) is 6.30. The summed E-state index contributed by atoms with van der Waals surface area (Å²) in [5.41, 5.74) is 0. The van der Waals surface area contributed by atoms with Gasteiger partial charge in [-0.2, -0.15) is 0 Å². The first-order valence-corrected chi connectivity index (χ1v) is 6.21. The smallest absolute Gasteiger partial charge is 0.347 e. The van der Waals surface area contributed by atoms with E-state index in [1.54, 1.807) is 0 Å². The molecule has 84 valence electrons. The molecule has 1 aromatic rings. The maximum atomic E-state index is 10.6. The average Bonchev–Trinajstić information content (AvgIpc) is 2.65. The van der Waals surface area contributed by atoms with E-state index >= 15 is 0 Å². The molecule has 1 aromatic heterocycles. The summed E-state index contributed by atoms with van der Waals surface area (Å²) in [6, 6.07) is 0. The summed E-state index contributed by atoms with van der Waals surface area (Å²) in [6.45, 7) is 1.51. The van der Waals surface area contributed by atoms with Gasteiger partial charge in [0.05, 0.1) is 6.20 Å². The van der Waals surface area contributed by atoms with Gasteiger partial charge in [-0.1, -0.05) is 29.0 Å². The van der Waals surface area contributed by atoms with Gasteiger partial charge in [-0.15, -0.1) is 0 Å². The monoisotopic (exact) mass is 255 g/mol. The Kier molecular flexibility index (Phi) is 5.02. The third-order valence-electron chi connectivity index (χ3n) is 1.44. The highest BCUT2D eigenvalue weighted by Crippen LogP contribution is 2.11. The maximum Gasteiger partial charge on any atom is 0.347 e. The SMILES string of the molecule is CC(=O)SCCC#Cc1ncc(C(=O)O)s1. The molecule has 0 amide bonds. The van der Waals surface area contributed by atoms with Gasteiger partial charge in [-0.05, 0) is 5.92 Å². The van der Waals surface area contributed by atoms with Crippen LogP contribution in [0.3, 0.4) is 0 Å². The fourth-order valence-corrected chi connectivity index (χ4v) is 1.94. The van der Waals surface area contributed by atoms with Gasteiger partial charge in [0.2, 0.25) is 0 Å². The first kappa shape index (κ1) is 12.7. The van der Waals surface area contributed by atoms with Crippen LogP contribution < -0.4 is 0 Å². The van der Waals surface area contributed by atoms with Gasteiger partial charge in [0.1, 0.15) is 4.88 Å². The van der Waals surface area contributed by atoms with Crippen molar-refractivity contribution in [3.63, 3.8) is 0 Å². The van der Waals surface area contributed by atoms with Crippen LogP contribution in [0.2, 0.25) is 0 Å². The van der Waals surface area contributed by atoms with Gasteiger partial charge in [-0.25, -0.2) is 9.78 Å². The number of aromatic nitrogens is 1. The van der Waals surface area contributed by atoms with Crippen molar-refractivity contribution in [2.75, 3.05) is 5.75 Å². The third-order valence-corrected chi connectivity index (χ3v) is 3.16. The minimum absolute atomic E-state index is 0.0733. The molecule has 0 saturated carbocycles. The molecule has 0 bridgehead atoms. The molecule has 0 aliphatic carbocycles. The molecule has 0 aliphatic heterocycles. The quantitative estimate of drug-likeness (QED) is 0.659. The Labute approximate surface area is 101 Å². The van der Waals surface area contributed by atoms with E-state index in [2.05, 4.69) is 16.8 Å². The Morgan fingerprint density at radius 1 is 1.62 bits per heavy atom. The van der Waals surface area contributed by atoms with E-state index in [0.717, 1.165) is 11.3 Å². The summed E-state index contributed by atoms with van der Waals surface area (Å²) < 4.78 is 0. The molecule has 4 nitrogen and oxygen atoms in total. The van der Waals surface area contributed by atoms with Crippen molar-refractivity contribution in [2.24, 2.45) is 0 Å². The van der Waals surface area contributed by atoms with Gasteiger partial charge in [0.25, 0.3) is 0 Å². The van der Waals surface area contributed by atoms with Crippen LogP contribution in [0.4, 0.5) is 0 Å². The molecule has 0 aromatic carbocycles. The van der Waals surface area contributed by atoms with Crippen LogP contribution in [0.25, 0.3) is 0 Å². The second-order valence-electron chi connectivity index (χ2n) is 2.73. The van der Waals surface area contributed by atoms with Crippen molar-refractivity contribution >= 4 is 34.2 Å². The Morgan fingerprint density at radius 2 is 2.38 bits per heavy atom. The van der Waals surface area contributed by atoms with E-state index in [4.69, 9.17) is 5.11 Å². The average molecular weight is 255 g/mol. The van der Waals surface area contributed by atoms with Crippen LogP contribution >= 0.6 is 23.1 Å². The number of carbonyl (C=O) groups is 2. The predicted octanol–water partition coefficient (Wildman–Crippen LogP) is 1.86. The van der Waals surface area contributed by atoms with Gasteiger partial charge in [0.15, 0.2) is 10.1 Å². The highest BCUT2D eigenvalue weighted by molar-refractivity contribution is 8.13. The van der Waals surface area contributed by atoms with Crippen molar-refractivity contribution in [3.05, 3.63) is 16.1 Å². The van der Waals surface area contributed by atoms with Crippen LogP contribution in [0.5, 0.6) is 0 Å². The summed E-state index contributed by atoms with van der Waals surface area (Å²) >= 11 is 2.27. The Bertz CT molecular complexity index is 456. The van der Waals surface area contributed by atoms with Crippen LogP contribution in [0, 0.1) is 11.8 Å². The molecule has 1 heterocycles. The highest BCUT2D eigenvalue weighted by Gasteiger charge is 2.06. The van der Waals surface area contributed by atoms with Crippen LogP contribution in [0.15, 0.2) is 6.20 Å². The Morgan fingerprint density at radius 3 is 2.94 bits per heavy atom. The molecule has 0 spiro atoms. The number of carboxylic acids is 1.